The Morgan fingerprint density at radius 1 is 0.298 bits per heavy atom. The van der Waals surface area contributed by atoms with Crippen LogP contribution in [-0.2, 0) is 6.42 Å². The third kappa shape index (κ3) is 3.95. The zero-order chi connectivity index (χ0) is 30.9. The third-order valence-corrected chi connectivity index (χ3v) is 10.3. The summed E-state index contributed by atoms with van der Waals surface area (Å²) in [5, 5.41) is 10.4. The van der Waals surface area contributed by atoms with Gasteiger partial charge in [-0.15, -0.1) is 0 Å². The smallest absolute Gasteiger partial charge is 0.000728 e. The van der Waals surface area contributed by atoms with Crippen LogP contribution in [-0.4, -0.2) is 0 Å². The van der Waals surface area contributed by atoms with E-state index in [1.54, 1.807) is 0 Å². The van der Waals surface area contributed by atoms with Crippen molar-refractivity contribution in [2.45, 2.75) is 6.42 Å². The van der Waals surface area contributed by atoms with E-state index < -0.39 is 0 Å². The summed E-state index contributed by atoms with van der Waals surface area (Å²) in [5.74, 6) is 0. The van der Waals surface area contributed by atoms with Gasteiger partial charge in [-0.2, -0.15) is 0 Å². The van der Waals surface area contributed by atoms with Gasteiger partial charge in [0, 0.05) is 0 Å². The highest BCUT2D eigenvalue weighted by molar-refractivity contribution is 6.23. The summed E-state index contributed by atoms with van der Waals surface area (Å²) in [7, 11) is 0. The van der Waals surface area contributed by atoms with E-state index in [4.69, 9.17) is 0 Å². The summed E-state index contributed by atoms with van der Waals surface area (Å²) in [6.45, 7) is 0. The van der Waals surface area contributed by atoms with Crippen LogP contribution >= 0.6 is 0 Å². The first kappa shape index (κ1) is 26.3. The summed E-state index contributed by atoms with van der Waals surface area (Å²) in [5.41, 5.74) is 13.3. The first-order valence-corrected chi connectivity index (χ1v) is 16.5. The molecule has 0 aromatic heterocycles. The lowest BCUT2D eigenvalue weighted by Gasteiger charge is -2.19. The van der Waals surface area contributed by atoms with Crippen molar-refractivity contribution in [3.8, 4) is 44.5 Å². The van der Waals surface area contributed by atoms with Crippen molar-refractivity contribution in [2.75, 3.05) is 0 Å². The molecule has 0 radical (unpaired) electrons. The number of hydrogen-bond acceptors (Lipinski definition) is 0. The van der Waals surface area contributed by atoms with Crippen LogP contribution in [0, 0.1) is 0 Å². The fraction of sp³-hybridized carbons (Fsp3) is 0.0213. The molecule has 0 amide bonds. The Kier molecular flexibility index (Phi) is 5.74. The van der Waals surface area contributed by atoms with Crippen LogP contribution in [0.4, 0.5) is 0 Å². The van der Waals surface area contributed by atoms with Gasteiger partial charge in [-0.1, -0.05) is 164 Å². The second kappa shape index (κ2) is 10.3. The Balaban J connectivity index is 1.19. The van der Waals surface area contributed by atoms with Gasteiger partial charge >= 0.3 is 0 Å². The molecule has 47 heavy (non-hydrogen) atoms. The van der Waals surface area contributed by atoms with Crippen molar-refractivity contribution in [1.29, 1.82) is 0 Å². The Morgan fingerprint density at radius 2 is 0.809 bits per heavy atom. The Labute approximate surface area is 274 Å². The average Bonchev–Trinajstić information content (AvgIpc) is 3.52. The quantitative estimate of drug-likeness (QED) is 0.179. The van der Waals surface area contributed by atoms with Crippen LogP contribution in [0.1, 0.15) is 11.1 Å². The van der Waals surface area contributed by atoms with Crippen LogP contribution in [0.5, 0.6) is 0 Å². The molecule has 0 saturated carbocycles. The lowest BCUT2D eigenvalue weighted by atomic mass is 9.84. The average molecular weight is 595 g/mol. The molecule has 0 heterocycles. The van der Waals surface area contributed by atoms with Crippen molar-refractivity contribution in [1.82, 2.24) is 0 Å². The predicted octanol–water partition coefficient (Wildman–Crippen LogP) is 12.9. The lowest BCUT2D eigenvalue weighted by Crippen LogP contribution is -1.92. The Hall–Kier alpha value is -5.98. The molecular weight excluding hydrogens is 565 g/mol. The standard InChI is InChI=1S/C47H30/c1-3-15-34-30(12-1)14-11-23-38(34)47-41-21-9-7-19-39(41)46(40-20-8-10-22-42(40)47)32-26-24-31(25-27-32)43-29-45-35-16-4-2-13-33(35)28-44(45)37-18-6-5-17-36(37)43/h1-27,29H,28H2. The Morgan fingerprint density at radius 3 is 1.53 bits per heavy atom. The van der Waals surface area contributed by atoms with Crippen molar-refractivity contribution in [3.05, 3.63) is 181 Å². The normalized spacial score (nSPS) is 12.2. The molecule has 1 aliphatic carbocycles. The van der Waals surface area contributed by atoms with E-state index in [1.165, 1.54) is 98.7 Å². The molecule has 10 rings (SSSR count). The molecule has 9 aromatic carbocycles. The topological polar surface area (TPSA) is 0 Å². The summed E-state index contributed by atoms with van der Waals surface area (Å²) in [4.78, 5) is 0. The second-order valence-electron chi connectivity index (χ2n) is 12.8. The van der Waals surface area contributed by atoms with Crippen molar-refractivity contribution >= 4 is 43.1 Å². The molecule has 9 aromatic rings. The zero-order valence-corrected chi connectivity index (χ0v) is 25.9. The highest BCUT2D eigenvalue weighted by atomic mass is 14.3. The Bertz CT molecular complexity index is 2630. The molecule has 0 fully saturated rings. The maximum atomic E-state index is 2.43. The summed E-state index contributed by atoms with van der Waals surface area (Å²) in [6.07, 6.45) is 1.00. The highest BCUT2D eigenvalue weighted by Crippen LogP contribution is 2.47. The summed E-state index contributed by atoms with van der Waals surface area (Å²) in [6, 6.07) is 62.9. The van der Waals surface area contributed by atoms with E-state index in [-0.39, 0.29) is 0 Å². The molecule has 0 nitrogen and oxygen atoms in total. The molecule has 218 valence electrons. The highest BCUT2D eigenvalue weighted by Gasteiger charge is 2.23. The minimum Gasteiger partial charge on any atom is -0.0619 e. The molecule has 0 bridgehead atoms. The molecule has 0 atom stereocenters. The molecule has 0 heteroatoms. The summed E-state index contributed by atoms with van der Waals surface area (Å²) < 4.78 is 0. The zero-order valence-electron chi connectivity index (χ0n) is 25.9. The molecule has 0 aliphatic heterocycles. The van der Waals surface area contributed by atoms with Crippen LogP contribution < -0.4 is 0 Å². The first-order valence-electron chi connectivity index (χ1n) is 16.5. The number of hydrogen-bond donors (Lipinski definition) is 0. The van der Waals surface area contributed by atoms with Crippen LogP contribution in [0.2, 0.25) is 0 Å². The van der Waals surface area contributed by atoms with Gasteiger partial charge in [0.25, 0.3) is 0 Å². The lowest BCUT2D eigenvalue weighted by molar-refractivity contribution is 1.28. The van der Waals surface area contributed by atoms with E-state index in [0.717, 1.165) is 6.42 Å². The van der Waals surface area contributed by atoms with Crippen LogP contribution in [0.15, 0.2) is 170 Å². The van der Waals surface area contributed by atoms with Gasteiger partial charge in [0.2, 0.25) is 0 Å². The molecule has 0 unspecified atom stereocenters. The van der Waals surface area contributed by atoms with Gasteiger partial charge in [-0.3, -0.25) is 0 Å². The van der Waals surface area contributed by atoms with E-state index in [0.29, 0.717) is 0 Å². The minimum absolute atomic E-state index is 1.00. The van der Waals surface area contributed by atoms with Gasteiger partial charge in [0.1, 0.15) is 0 Å². The monoisotopic (exact) mass is 594 g/mol. The first-order chi connectivity index (χ1) is 23.3. The van der Waals surface area contributed by atoms with E-state index in [9.17, 15) is 0 Å². The summed E-state index contributed by atoms with van der Waals surface area (Å²) >= 11 is 0. The van der Waals surface area contributed by atoms with Crippen molar-refractivity contribution < 1.29 is 0 Å². The van der Waals surface area contributed by atoms with Gasteiger partial charge in [0.15, 0.2) is 0 Å². The largest absolute Gasteiger partial charge is 0.0619 e. The molecule has 0 N–H and O–H groups in total. The fourth-order valence-electron chi connectivity index (χ4n) is 8.22. The van der Waals surface area contributed by atoms with E-state index in [2.05, 4.69) is 170 Å². The van der Waals surface area contributed by atoms with Crippen LogP contribution in [0.3, 0.4) is 0 Å². The van der Waals surface area contributed by atoms with E-state index in [1.807, 2.05) is 0 Å². The van der Waals surface area contributed by atoms with Gasteiger partial charge in [-0.05, 0) is 111 Å². The van der Waals surface area contributed by atoms with E-state index >= 15 is 0 Å². The molecular formula is C47H30. The number of rotatable bonds is 3. The number of fused-ring (bicyclic) bond motifs is 8. The maximum Gasteiger partial charge on any atom is -0.000728 e. The molecule has 1 aliphatic rings. The predicted molar refractivity (Wildman–Crippen MR) is 201 cm³/mol. The van der Waals surface area contributed by atoms with Crippen molar-refractivity contribution in [3.63, 3.8) is 0 Å². The fourth-order valence-corrected chi connectivity index (χ4v) is 8.22. The second-order valence-corrected chi connectivity index (χ2v) is 12.8. The van der Waals surface area contributed by atoms with Gasteiger partial charge < -0.3 is 0 Å². The molecule has 0 spiro atoms. The minimum atomic E-state index is 1.00. The van der Waals surface area contributed by atoms with Crippen molar-refractivity contribution in [2.24, 2.45) is 0 Å². The third-order valence-electron chi connectivity index (χ3n) is 10.3. The van der Waals surface area contributed by atoms with Gasteiger partial charge in [-0.25, -0.2) is 0 Å². The maximum absolute atomic E-state index is 2.43. The number of benzene rings is 9. The van der Waals surface area contributed by atoms with Gasteiger partial charge in [0.05, 0.1) is 0 Å². The SMILES string of the molecule is c1ccc2c(c1)Cc1c-2cc(-c2ccc(-c3c4ccccc4c(-c4cccc5ccccc45)c4ccccc34)cc2)c2ccccc12. The van der Waals surface area contributed by atoms with Crippen LogP contribution in [0.25, 0.3) is 87.6 Å². The molecule has 0 saturated heterocycles.